The summed E-state index contributed by atoms with van der Waals surface area (Å²) in [7, 11) is 0. The van der Waals surface area contributed by atoms with Gasteiger partial charge in [0, 0.05) is 0 Å². The van der Waals surface area contributed by atoms with Gasteiger partial charge in [0.1, 0.15) is 0 Å². The van der Waals surface area contributed by atoms with Crippen LogP contribution in [-0.4, -0.2) is 0 Å². The molecule has 2 heteroatoms. The number of hydrogen-bond donors (Lipinski definition) is 0. The molecule has 0 saturated carbocycles. The second-order valence-electron chi connectivity index (χ2n) is 11.4. The zero-order valence-corrected chi connectivity index (χ0v) is 14.0. The van der Waals surface area contributed by atoms with Gasteiger partial charge in [0.05, 0.1) is 0 Å². The van der Waals surface area contributed by atoms with Gasteiger partial charge in [0.2, 0.25) is 0 Å². The summed E-state index contributed by atoms with van der Waals surface area (Å²) in [6, 6.07) is 8.89. The van der Waals surface area contributed by atoms with E-state index in [1.807, 2.05) is 0 Å². The van der Waals surface area contributed by atoms with Crippen molar-refractivity contribution in [2.45, 2.75) is 47.7 Å². The monoisotopic (exact) mass is 412 g/mol. The Morgan fingerprint density at radius 1 is 0.850 bits per heavy atom. The Kier molecular flexibility index (Phi) is 0.307. The van der Waals surface area contributed by atoms with Crippen LogP contribution in [0, 0.1) is 15.4 Å². The quantitative estimate of drug-likeness (QED) is 0.304. The van der Waals surface area contributed by atoms with Crippen molar-refractivity contribution in [2.24, 2.45) is 0 Å². The van der Waals surface area contributed by atoms with Gasteiger partial charge in [-0.1, -0.05) is 0 Å². The van der Waals surface area contributed by atoms with Gasteiger partial charge in [0.25, 0.3) is 0 Å². The summed E-state index contributed by atoms with van der Waals surface area (Å²) in [6.45, 7) is -2.91. The predicted molar refractivity (Wildman–Crippen MR) is 82.5 cm³/mol. The van der Waals surface area contributed by atoms with Crippen LogP contribution in [0.4, 0.5) is 0 Å². The molecule has 1 aromatic carbocycles. The fraction of sp³-hybridized carbons (Fsp3) is 0.556. The minimum absolute atomic E-state index is 0.780. The number of fused-ring (bicyclic) bond motifs is 10. The molecule has 11 rings (SSSR count). The van der Waals surface area contributed by atoms with Crippen molar-refractivity contribution in [1.82, 2.24) is 0 Å². The molecule has 0 amide bonds. The van der Waals surface area contributed by atoms with E-state index in [-0.39, 0.29) is 0 Å². The number of hydrogen-bond acceptors (Lipinski definition) is 0. The van der Waals surface area contributed by atoms with Gasteiger partial charge in [-0.25, -0.2) is 0 Å². The molecule has 0 aliphatic carbocycles. The van der Waals surface area contributed by atoms with E-state index in [1.54, 1.807) is 0 Å². The molecular formula is C18H13FeI. The Morgan fingerprint density at radius 2 is 1.40 bits per heavy atom. The standard InChI is InChI=1S/C13H8I.C5H5.Fe/c14-13-9-7-12(8-10-13)6-5-11-3-1-2-4-11;1-2-4-5-3-1;/h1-4,7-10H;1-5H;. The van der Waals surface area contributed by atoms with Crippen LogP contribution in [0.3, 0.4) is 0 Å². The summed E-state index contributed by atoms with van der Waals surface area (Å²) in [6.07, 6.45) is 0. The van der Waals surface area contributed by atoms with E-state index in [2.05, 4.69) is 58.7 Å². The molecule has 10 fully saturated rings. The summed E-state index contributed by atoms with van der Waals surface area (Å²) in [5.41, 5.74) is 1.28. The second-order valence-corrected chi connectivity index (χ2v) is 36.2. The molecule has 4 unspecified atom stereocenters. The fourth-order valence-electron chi connectivity index (χ4n) is 17.2. The molecule has 100 valence electrons. The fourth-order valence-corrected chi connectivity index (χ4v) is 90.6. The first kappa shape index (κ1) is 8.04. The van der Waals surface area contributed by atoms with E-state index in [0.717, 1.165) is 4.31 Å². The zero-order chi connectivity index (χ0) is 12.4. The van der Waals surface area contributed by atoms with Crippen LogP contribution in [0.2, 0.25) is 47.7 Å². The van der Waals surface area contributed by atoms with Gasteiger partial charge in [-0.05, 0) is 0 Å². The van der Waals surface area contributed by atoms with Gasteiger partial charge in [-0.2, -0.15) is 0 Å². The first-order valence-corrected chi connectivity index (χ1v) is 15.4. The van der Waals surface area contributed by atoms with Crippen molar-refractivity contribution in [2.75, 3.05) is 0 Å². The predicted octanol–water partition coefficient (Wildman–Crippen LogP) is 5.40. The summed E-state index contributed by atoms with van der Waals surface area (Å²) in [5.74, 6) is 7.73. The summed E-state index contributed by atoms with van der Waals surface area (Å²) >= 11 is 2.39. The third-order valence-corrected chi connectivity index (χ3v) is 58.8. The molecule has 0 radical (unpaired) electrons. The molecular weight excluding hydrogens is 399 g/mol. The SMILES string of the molecule is Ic1ccc(C#C[C]23[CH]4[CH]5[CH]6[CH]2[Fe]56432789[CH]3[CH]2[CH]7[CH]8[CH]39)cc1. The van der Waals surface area contributed by atoms with Gasteiger partial charge in [0.15, 0.2) is 0 Å². The van der Waals surface area contributed by atoms with E-state index in [0.29, 0.717) is 0 Å². The van der Waals surface area contributed by atoms with Crippen molar-refractivity contribution in [3.05, 3.63) is 33.4 Å². The topological polar surface area (TPSA) is 0 Å². The molecule has 0 nitrogen and oxygen atoms in total. The van der Waals surface area contributed by atoms with Crippen LogP contribution in [0.15, 0.2) is 24.3 Å². The third-order valence-electron chi connectivity index (χ3n) is 15.9. The van der Waals surface area contributed by atoms with Crippen molar-refractivity contribution < 1.29 is 6.51 Å². The van der Waals surface area contributed by atoms with E-state index in [9.17, 15) is 0 Å². The molecule has 10 aliphatic heterocycles. The van der Waals surface area contributed by atoms with E-state index >= 15 is 0 Å². The average molecular weight is 412 g/mol. The average Bonchev–Trinajstić information content (AvgIpc) is 3.40. The van der Waals surface area contributed by atoms with Crippen molar-refractivity contribution in [3.63, 3.8) is 0 Å². The van der Waals surface area contributed by atoms with Crippen molar-refractivity contribution in [3.8, 4) is 11.8 Å². The minimum atomic E-state index is -2.91. The molecule has 1 spiro atoms. The van der Waals surface area contributed by atoms with Crippen molar-refractivity contribution in [1.29, 1.82) is 0 Å². The Morgan fingerprint density at radius 3 is 1.80 bits per heavy atom. The third kappa shape index (κ3) is 0.0997. The first-order chi connectivity index (χ1) is 9.52. The van der Waals surface area contributed by atoms with Gasteiger partial charge < -0.3 is 0 Å². The Bertz CT molecular complexity index is 1200. The summed E-state index contributed by atoms with van der Waals surface area (Å²) < 4.78 is 2.11. The molecule has 1 aromatic rings. The van der Waals surface area contributed by atoms with E-state index < -0.39 is 6.51 Å². The summed E-state index contributed by atoms with van der Waals surface area (Å²) in [4.78, 5) is 12.5. The second kappa shape index (κ2) is 0.763. The zero-order valence-electron chi connectivity index (χ0n) is 10.7. The number of halogens is 1. The molecule has 10 heterocycles. The van der Waals surface area contributed by atoms with Crippen LogP contribution in [0.1, 0.15) is 5.56 Å². The first-order valence-electron chi connectivity index (χ1n) is 8.02. The van der Waals surface area contributed by atoms with Crippen LogP contribution in [0.25, 0.3) is 0 Å². The van der Waals surface area contributed by atoms with Gasteiger partial charge in [-0.15, -0.1) is 0 Å². The molecule has 10 saturated heterocycles. The Hall–Kier alpha value is 0.0295. The number of benzene rings is 1. The molecule has 0 bridgehead atoms. The van der Waals surface area contributed by atoms with E-state index in [4.69, 9.17) is 0 Å². The molecule has 0 N–H and O–H groups in total. The Balaban J connectivity index is 1.32. The maximum atomic E-state index is 4.05. The molecule has 4 atom stereocenters. The van der Waals surface area contributed by atoms with Gasteiger partial charge >= 0.3 is 122 Å². The van der Waals surface area contributed by atoms with Crippen molar-refractivity contribution >= 4 is 22.6 Å². The van der Waals surface area contributed by atoms with Gasteiger partial charge in [-0.3, -0.25) is 0 Å². The number of rotatable bonds is 0. The van der Waals surface area contributed by atoms with Crippen LogP contribution >= 0.6 is 22.6 Å². The summed E-state index contributed by atoms with van der Waals surface area (Å²) in [5, 5.41) is 0. The van der Waals surface area contributed by atoms with E-state index in [1.165, 1.54) is 52.5 Å². The van der Waals surface area contributed by atoms with Crippen LogP contribution in [0.5, 0.6) is 0 Å². The molecule has 10 aliphatic rings. The van der Waals surface area contributed by atoms with Crippen LogP contribution in [-0.2, 0) is 6.51 Å². The molecule has 0 aromatic heterocycles. The maximum absolute atomic E-state index is 4.05. The Labute approximate surface area is 121 Å². The van der Waals surface area contributed by atoms with Crippen LogP contribution < -0.4 is 0 Å². The normalized spacial score (nSPS) is 102. The molecule has 20 heavy (non-hydrogen) atoms.